The monoisotopic (exact) mass is 189 g/mol. The van der Waals surface area contributed by atoms with Gasteiger partial charge in [0.05, 0.1) is 0 Å². The molecule has 14 heavy (non-hydrogen) atoms. The van der Waals surface area contributed by atoms with Crippen LogP contribution >= 0.6 is 0 Å². The standard InChI is InChI=1S/C9H11N5/c1-2-8(10-3-1)7-4-11-9-12-6-13-14(9)5-7/h4-6,8,10H,1-3H2. The second-order valence-electron chi connectivity index (χ2n) is 3.54. The Labute approximate surface area is 81.2 Å². The number of aromatic nitrogens is 4. The van der Waals surface area contributed by atoms with Crippen molar-refractivity contribution in [1.82, 2.24) is 24.9 Å². The Balaban J connectivity index is 2.04. The summed E-state index contributed by atoms with van der Waals surface area (Å²) in [5.74, 6) is 0.659. The lowest BCUT2D eigenvalue weighted by atomic mass is 10.1. The van der Waals surface area contributed by atoms with Crippen LogP contribution in [0, 0.1) is 0 Å². The lowest BCUT2D eigenvalue weighted by Crippen LogP contribution is -2.13. The lowest BCUT2D eigenvalue weighted by molar-refractivity contribution is 0.638. The van der Waals surface area contributed by atoms with E-state index < -0.39 is 0 Å². The van der Waals surface area contributed by atoms with Crippen molar-refractivity contribution in [3.63, 3.8) is 0 Å². The molecule has 5 heteroatoms. The average Bonchev–Trinajstić information content (AvgIpc) is 2.88. The molecule has 0 aliphatic carbocycles. The minimum atomic E-state index is 0.441. The molecule has 1 N–H and O–H groups in total. The largest absolute Gasteiger partial charge is 0.310 e. The third-order valence-electron chi connectivity index (χ3n) is 2.62. The summed E-state index contributed by atoms with van der Waals surface area (Å²) in [6.45, 7) is 1.10. The number of hydrogen-bond donors (Lipinski definition) is 1. The Morgan fingerprint density at radius 2 is 2.43 bits per heavy atom. The molecule has 3 heterocycles. The number of nitrogens with zero attached hydrogens (tertiary/aromatic N) is 4. The molecule has 72 valence electrons. The molecule has 3 rings (SSSR count). The fourth-order valence-electron chi connectivity index (χ4n) is 1.88. The Bertz CT molecular complexity index is 443. The van der Waals surface area contributed by atoms with Crippen molar-refractivity contribution in [3.8, 4) is 0 Å². The number of rotatable bonds is 1. The van der Waals surface area contributed by atoms with Gasteiger partial charge in [0, 0.05) is 24.0 Å². The van der Waals surface area contributed by atoms with Gasteiger partial charge in [0.25, 0.3) is 5.78 Å². The fraction of sp³-hybridized carbons (Fsp3) is 0.444. The van der Waals surface area contributed by atoms with Gasteiger partial charge in [-0.1, -0.05) is 0 Å². The molecular weight excluding hydrogens is 178 g/mol. The van der Waals surface area contributed by atoms with E-state index >= 15 is 0 Å². The van der Waals surface area contributed by atoms with E-state index in [0.29, 0.717) is 11.8 Å². The van der Waals surface area contributed by atoms with Crippen molar-refractivity contribution in [2.45, 2.75) is 18.9 Å². The van der Waals surface area contributed by atoms with E-state index in [4.69, 9.17) is 0 Å². The highest BCUT2D eigenvalue weighted by atomic mass is 15.3. The number of nitrogens with one attached hydrogen (secondary N) is 1. The van der Waals surface area contributed by atoms with Crippen LogP contribution < -0.4 is 5.32 Å². The van der Waals surface area contributed by atoms with Crippen molar-refractivity contribution in [1.29, 1.82) is 0 Å². The zero-order chi connectivity index (χ0) is 9.38. The van der Waals surface area contributed by atoms with E-state index in [9.17, 15) is 0 Å². The molecule has 0 amide bonds. The second kappa shape index (κ2) is 3.02. The summed E-state index contributed by atoms with van der Waals surface area (Å²) in [7, 11) is 0. The highest BCUT2D eigenvalue weighted by Gasteiger charge is 2.16. The molecule has 0 bridgehead atoms. The van der Waals surface area contributed by atoms with E-state index in [1.807, 2.05) is 12.4 Å². The van der Waals surface area contributed by atoms with Gasteiger partial charge in [-0.05, 0) is 19.4 Å². The maximum Gasteiger partial charge on any atom is 0.252 e. The summed E-state index contributed by atoms with van der Waals surface area (Å²) < 4.78 is 1.72. The molecule has 1 aliphatic rings. The van der Waals surface area contributed by atoms with E-state index in [0.717, 1.165) is 6.54 Å². The van der Waals surface area contributed by atoms with Gasteiger partial charge >= 0.3 is 0 Å². The summed E-state index contributed by atoms with van der Waals surface area (Å²) >= 11 is 0. The molecule has 1 atom stereocenters. The van der Waals surface area contributed by atoms with Crippen molar-refractivity contribution in [3.05, 3.63) is 24.3 Å². The molecule has 2 aromatic heterocycles. The van der Waals surface area contributed by atoms with Crippen molar-refractivity contribution >= 4 is 5.78 Å². The van der Waals surface area contributed by atoms with Crippen LogP contribution in [0.15, 0.2) is 18.7 Å². The first-order chi connectivity index (χ1) is 6.93. The highest BCUT2D eigenvalue weighted by molar-refractivity contribution is 5.27. The van der Waals surface area contributed by atoms with Crippen LogP contribution in [0.2, 0.25) is 0 Å². The summed E-state index contributed by atoms with van der Waals surface area (Å²) in [6.07, 6.45) is 7.82. The molecule has 1 fully saturated rings. The van der Waals surface area contributed by atoms with Crippen LogP contribution in [-0.4, -0.2) is 26.1 Å². The SMILES string of the molecule is c1nc2ncc(C3CCCN3)cn2n1. The predicted octanol–water partition coefficient (Wildman–Crippen LogP) is 0.549. The third-order valence-corrected chi connectivity index (χ3v) is 2.62. The Morgan fingerprint density at radius 1 is 1.43 bits per heavy atom. The molecule has 1 unspecified atom stereocenters. The quantitative estimate of drug-likeness (QED) is 0.711. The Kier molecular flexibility index (Phi) is 1.70. The summed E-state index contributed by atoms with van der Waals surface area (Å²) in [5.41, 5.74) is 1.19. The first kappa shape index (κ1) is 7.87. The minimum Gasteiger partial charge on any atom is -0.310 e. The summed E-state index contributed by atoms with van der Waals surface area (Å²) in [6, 6.07) is 0.441. The minimum absolute atomic E-state index is 0.441. The topological polar surface area (TPSA) is 55.1 Å². The van der Waals surface area contributed by atoms with Gasteiger partial charge < -0.3 is 5.32 Å². The van der Waals surface area contributed by atoms with E-state index in [1.165, 1.54) is 24.7 Å². The smallest absolute Gasteiger partial charge is 0.252 e. The molecule has 0 spiro atoms. The molecule has 0 radical (unpaired) electrons. The van der Waals surface area contributed by atoms with Gasteiger partial charge in [-0.3, -0.25) is 0 Å². The maximum atomic E-state index is 4.24. The van der Waals surface area contributed by atoms with E-state index in [-0.39, 0.29) is 0 Å². The Hall–Kier alpha value is -1.49. The molecule has 0 saturated carbocycles. The molecule has 5 nitrogen and oxygen atoms in total. The van der Waals surface area contributed by atoms with Crippen LogP contribution in [0.25, 0.3) is 5.78 Å². The molecule has 2 aromatic rings. The Morgan fingerprint density at radius 3 is 3.29 bits per heavy atom. The van der Waals surface area contributed by atoms with Crippen molar-refractivity contribution < 1.29 is 0 Å². The van der Waals surface area contributed by atoms with Gasteiger partial charge in [-0.2, -0.15) is 10.1 Å². The lowest BCUT2D eigenvalue weighted by Gasteiger charge is -2.08. The van der Waals surface area contributed by atoms with Crippen LogP contribution in [-0.2, 0) is 0 Å². The maximum absolute atomic E-state index is 4.24. The van der Waals surface area contributed by atoms with Gasteiger partial charge in [0.1, 0.15) is 6.33 Å². The molecule has 1 aliphatic heterocycles. The average molecular weight is 189 g/mol. The van der Waals surface area contributed by atoms with Gasteiger partial charge in [0.2, 0.25) is 0 Å². The predicted molar refractivity (Wildman–Crippen MR) is 50.8 cm³/mol. The number of fused-ring (bicyclic) bond motifs is 1. The van der Waals surface area contributed by atoms with Gasteiger partial charge in [-0.25, -0.2) is 9.50 Å². The zero-order valence-corrected chi connectivity index (χ0v) is 7.72. The van der Waals surface area contributed by atoms with Crippen molar-refractivity contribution in [2.75, 3.05) is 6.54 Å². The first-order valence-corrected chi connectivity index (χ1v) is 4.82. The molecular formula is C9H11N5. The van der Waals surface area contributed by atoms with Gasteiger partial charge in [0.15, 0.2) is 0 Å². The summed E-state index contributed by atoms with van der Waals surface area (Å²) in [4.78, 5) is 8.24. The molecule has 1 saturated heterocycles. The van der Waals surface area contributed by atoms with Crippen LogP contribution in [0.5, 0.6) is 0 Å². The molecule has 0 aromatic carbocycles. The second-order valence-corrected chi connectivity index (χ2v) is 3.54. The highest BCUT2D eigenvalue weighted by Crippen LogP contribution is 2.21. The number of hydrogen-bond acceptors (Lipinski definition) is 4. The van der Waals surface area contributed by atoms with Crippen LogP contribution in [0.3, 0.4) is 0 Å². The normalized spacial score (nSPS) is 21.9. The van der Waals surface area contributed by atoms with E-state index in [1.54, 1.807) is 4.52 Å². The van der Waals surface area contributed by atoms with Crippen LogP contribution in [0.4, 0.5) is 0 Å². The zero-order valence-electron chi connectivity index (χ0n) is 7.72. The summed E-state index contributed by atoms with van der Waals surface area (Å²) in [5, 5.41) is 7.49. The third kappa shape index (κ3) is 1.17. The fourth-order valence-corrected chi connectivity index (χ4v) is 1.88. The van der Waals surface area contributed by atoms with Crippen LogP contribution in [0.1, 0.15) is 24.4 Å². The van der Waals surface area contributed by atoms with Gasteiger partial charge in [-0.15, -0.1) is 0 Å². The first-order valence-electron chi connectivity index (χ1n) is 4.82. The van der Waals surface area contributed by atoms with Crippen molar-refractivity contribution in [2.24, 2.45) is 0 Å². The van der Waals surface area contributed by atoms with E-state index in [2.05, 4.69) is 20.4 Å².